The average Bonchev–Trinajstić information content (AvgIpc) is 2.81. The molecule has 2 atom stereocenters. The predicted molar refractivity (Wildman–Crippen MR) is 52.9 cm³/mol. The maximum atomic E-state index is 5.76. The number of aromatic nitrogens is 2. The van der Waals surface area contributed by atoms with Crippen LogP contribution in [0, 0.1) is 0 Å². The van der Waals surface area contributed by atoms with Gasteiger partial charge < -0.3 is 9.47 Å². The highest BCUT2D eigenvalue weighted by Gasteiger charge is 2.61. The van der Waals surface area contributed by atoms with Gasteiger partial charge in [-0.1, -0.05) is 0 Å². The van der Waals surface area contributed by atoms with Crippen LogP contribution in [0.2, 0.25) is 0 Å². The van der Waals surface area contributed by atoms with Gasteiger partial charge in [0.1, 0.15) is 0 Å². The van der Waals surface area contributed by atoms with E-state index < -0.39 is 0 Å². The van der Waals surface area contributed by atoms with E-state index in [1.54, 1.807) is 6.20 Å². The second kappa shape index (κ2) is 2.81. The first-order valence-electron chi connectivity index (χ1n) is 4.67. The fourth-order valence-electron chi connectivity index (χ4n) is 2.22. The number of halogens is 1. The molecule has 0 aliphatic carbocycles. The Morgan fingerprint density at radius 3 is 3.21 bits per heavy atom. The molecule has 1 aromatic rings. The molecule has 3 heterocycles. The van der Waals surface area contributed by atoms with Crippen LogP contribution in [0.25, 0.3) is 0 Å². The molecule has 1 aromatic heterocycles. The summed E-state index contributed by atoms with van der Waals surface area (Å²) in [4.78, 5) is 0. The molecule has 14 heavy (non-hydrogen) atoms. The highest BCUT2D eigenvalue weighted by atomic mass is 79.9. The molecule has 0 unspecified atom stereocenters. The smallest absolute Gasteiger partial charge is 0.160 e. The Bertz CT molecular complexity index is 359. The Kier molecular flexibility index (Phi) is 1.78. The fourth-order valence-corrected chi connectivity index (χ4v) is 2.90. The quantitative estimate of drug-likeness (QED) is 0.711. The van der Waals surface area contributed by atoms with Crippen LogP contribution < -0.4 is 0 Å². The molecule has 4 nitrogen and oxygen atoms in total. The Hall–Kier alpha value is -0.390. The number of rotatable bonds is 1. The number of aryl methyl sites for hydroxylation is 1. The lowest BCUT2D eigenvalue weighted by molar-refractivity contribution is 0.0682. The molecule has 0 bridgehead atoms. The Balaban J connectivity index is 2.03. The van der Waals surface area contributed by atoms with Crippen molar-refractivity contribution < 1.29 is 9.47 Å². The molecule has 2 aliphatic rings. The van der Waals surface area contributed by atoms with Crippen molar-refractivity contribution in [2.45, 2.75) is 18.1 Å². The van der Waals surface area contributed by atoms with E-state index >= 15 is 0 Å². The lowest BCUT2D eigenvalue weighted by Gasteiger charge is -2.18. The fraction of sp³-hybridized carbons (Fsp3) is 0.667. The zero-order chi connectivity index (χ0) is 9.76. The van der Waals surface area contributed by atoms with Crippen LogP contribution in [-0.4, -0.2) is 29.1 Å². The number of ether oxygens (including phenoxy) is 2. The standard InChI is InChI=1S/C9H11BrN2O2/c1-12-8(6(10)4-11-12)9-5-13-3-2-7(9)14-9/h4,7H,2-3,5H2,1H3/t7-,9-/m0/s1. The van der Waals surface area contributed by atoms with E-state index in [1.165, 1.54) is 0 Å². The number of hydrogen-bond acceptors (Lipinski definition) is 3. The summed E-state index contributed by atoms with van der Waals surface area (Å²) in [7, 11) is 1.93. The van der Waals surface area contributed by atoms with E-state index in [4.69, 9.17) is 9.47 Å². The van der Waals surface area contributed by atoms with E-state index in [2.05, 4.69) is 21.0 Å². The minimum atomic E-state index is -0.220. The van der Waals surface area contributed by atoms with Gasteiger partial charge in [0, 0.05) is 20.1 Å². The minimum Gasteiger partial charge on any atom is -0.378 e. The topological polar surface area (TPSA) is 39.6 Å². The molecule has 0 spiro atoms. The molecule has 2 saturated heterocycles. The molecule has 0 N–H and O–H groups in total. The third-order valence-electron chi connectivity index (χ3n) is 2.95. The van der Waals surface area contributed by atoms with Gasteiger partial charge in [-0.3, -0.25) is 4.68 Å². The lowest BCUT2D eigenvalue weighted by atomic mass is 9.98. The number of hydrogen-bond donors (Lipinski definition) is 0. The minimum absolute atomic E-state index is 0.220. The van der Waals surface area contributed by atoms with Crippen molar-refractivity contribution in [3.63, 3.8) is 0 Å². The Labute approximate surface area is 90.3 Å². The van der Waals surface area contributed by atoms with Crippen LogP contribution in [0.5, 0.6) is 0 Å². The van der Waals surface area contributed by atoms with Gasteiger partial charge in [-0.2, -0.15) is 5.10 Å². The number of fused-ring (bicyclic) bond motifs is 1. The summed E-state index contributed by atoms with van der Waals surface area (Å²) in [5.41, 5.74) is 0.879. The van der Waals surface area contributed by atoms with E-state index in [0.717, 1.165) is 23.2 Å². The van der Waals surface area contributed by atoms with Crippen LogP contribution >= 0.6 is 15.9 Å². The molecule has 3 rings (SSSR count). The van der Waals surface area contributed by atoms with Crippen molar-refractivity contribution in [1.29, 1.82) is 0 Å². The van der Waals surface area contributed by atoms with Gasteiger partial charge in [0.15, 0.2) is 5.60 Å². The second-order valence-corrected chi connectivity index (χ2v) is 4.66. The molecule has 2 fully saturated rings. The van der Waals surface area contributed by atoms with Crippen LogP contribution in [0.3, 0.4) is 0 Å². The number of epoxide rings is 1. The first-order chi connectivity index (χ1) is 6.74. The molecule has 5 heteroatoms. The average molecular weight is 259 g/mol. The highest BCUT2D eigenvalue weighted by Crippen LogP contribution is 2.52. The maximum absolute atomic E-state index is 5.76. The molecular weight excluding hydrogens is 248 g/mol. The van der Waals surface area contributed by atoms with Gasteiger partial charge in [-0.25, -0.2) is 0 Å². The Morgan fingerprint density at radius 2 is 2.57 bits per heavy atom. The van der Waals surface area contributed by atoms with Crippen LogP contribution in [0.4, 0.5) is 0 Å². The predicted octanol–water partition coefficient (Wildman–Crippen LogP) is 1.20. The van der Waals surface area contributed by atoms with Crippen molar-refractivity contribution in [2.75, 3.05) is 13.2 Å². The van der Waals surface area contributed by atoms with Crippen molar-refractivity contribution in [3.05, 3.63) is 16.4 Å². The van der Waals surface area contributed by atoms with E-state index in [0.29, 0.717) is 12.7 Å². The summed E-state index contributed by atoms with van der Waals surface area (Å²) in [6.07, 6.45) is 3.11. The van der Waals surface area contributed by atoms with E-state index in [-0.39, 0.29) is 5.60 Å². The van der Waals surface area contributed by atoms with E-state index in [1.807, 2.05) is 11.7 Å². The molecular formula is C9H11BrN2O2. The van der Waals surface area contributed by atoms with Crippen molar-refractivity contribution >= 4 is 15.9 Å². The molecule has 76 valence electrons. The summed E-state index contributed by atoms with van der Waals surface area (Å²) in [6.45, 7) is 1.46. The maximum Gasteiger partial charge on any atom is 0.160 e. The largest absolute Gasteiger partial charge is 0.378 e. The van der Waals surface area contributed by atoms with Gasteiger partial charge in [-0.15, -0.1) is 0 Å². The van der Waals surface area contributed by atoms with Crippen molar-refractivity contribution in [3.8, 4) is 0 Å². The highest BCUT2D eigenvalue weighted by molar-refractivity contribution is 9.10. The van der Waals surface area contributed by atoms with Crippen LogP contribution in [0.1, 0.15) is 12.1 Å². The molecule has 2 aliphatic heterocycles. The summed E-state index contributed by atoms with van der Waals surface area (Å²) >= 11 is 3.50. The first-order valence-corrected chi connectivity index (χ1v) is 5.47. The zero-order valence-electron chi connectivity index (χ0n) is 7.86. The third kappa shape index (κ3) is 1.03. The molecule has 0 amide bonds. The Morgan fingerprint density at radius 1 is 1.71 bits per heavy atom. The van der Waals surface area contributed by atoms with Gasteiger partial charge in [0.2, 0.25) is 0 Å². The monoisotopic (exact) mass is 258 g/mol. The zero-order valence-corrected chi connectivity index (χ0v) is 9.45. The molecule has 0 aromatic carbocycles. The summed E-state index contributed by atoms with van der Waals surface area (Å²) in [6, 6.07) is 0. The van der Waals surface area contributed by atoms with Crippen LogP contribution in [0.15, 0.2) is 10.7 Å². The van der Waals surface area contributed by atoms with Gasteiger partial charge >= 0.3 is 0 Å². The third-order valence-corrected chi connectivity index (χ3v) is 3.53. The lowest BCUT2D eigenvalue weighted by Crippen LogP contribution is -2.28. The van der Waals surface area contributed by atoms with Crippen molar-refractivity contribution in [2.24, 2.45) is 7.05 Å². The van der Waals surface area contributed by atoms with Crippen molar-refractivity contribution in [1.82, 2.24) is 9.78 Å². The van der Waals surface area contributed by atoms with Gasteiger partial charge in [-0.05, 0) is 15.9 Å². The van der Waals surface area contributed by atoms with Gasteiger partial charge in [0.05, 0.1) is 29.1 Å². The number of nitrogens with zero attached hydrogens (tertiary/aromatic N) is 2. The summed E-state index contributed by atoms with van der Waals surface area (Å²) < 4.78 is 14.1. The first kappa shape index (κ1) is 8.88. The summed E-state index contributed by atoms with van der Waals surface area (Å²) in [5.74, 6) is 0. The second-order valence-electron chi connectivity index (χ2n) is 3.80. The van der Waals surface area contributed by atoms with Gasteiger partial charge in [0.25, 0.3) is 0 Å². The molecule has 0 saturated carbocycles. The summed E-state index contributed by atoms with van der Waals surface area (Å²) in [5, 5.41) is 4.20. The normalized spacial score (nSPS) is 35.4. The van der Waals surface area contributed by atoms with E-state index in [9.17, 15) is 0 Å². The van der Waals surface area contributed by atoms with Crippen LogP contribution in [-0.2, 0) is 22.1 Å². The molecule has 0 radical (unpaired) electrons. The SMILES string of the molecule is Cn1ncc(Br)c1[C@]12COCC[C@@H]1O2.